The fourth-order valence-electron chi connectivity index (χ4n) is 2.51. The van der Waals surface area contributed by atoms with Crippen LogP contribution in [0.1, 0.15) is 38.0 Å². The molecule has 1 saturated carbocycles. The van der Waals surface area contributed by atoms with Gasteiger partial charge in [0.25, 0.3) is 0 Å². The van der Waals surface area contributed by atoms with Crippen LogP contribution in [-0.4, -0.2) is 23.1 Å². The van der Waals surface area contributed by atoms with E-state index in [1.165, 1.54) is 23.1 Å². The van der Waals surface area contributed by atoms with Gasteiger partial charge in [0.05, 0.1) is 5.39 Å². The van der Waals surface area contributed by atoms with Gasteiger partial charge in [-0.15, -0.1) is 11.3 Å². The zero-order valence-corrected chi connectivity index (χ0v) is 13.6. The van der Waals surface area contributed by atoms with E-state index in [2.05, 4.69) is 34.8 Å². The van der Waals surface area contributed by atoms with Crippen molar-refractivity contribution in [1.82, 2.24) is 9.97 Å². The maximum Gasteiger partial charge on any atom is 0.225 e. The molecule has 1 fully saturated rings. The number of aromatic nitrogens is 2. The summed E-state index contributed by atoms with van der Waals surface area (Å²) in [5.41, 5.74) is 0. The predicted octanol–water partition coefficient (Wildman–Crippen LogP) is 4.53. The van der Waals surface area contributed by atoms with E-state index in [1.807, 2.05) is 0 Å². The van der Waals surface area contributed by atoms with Gasteiger partial charge in [0.1, 0.15) is 10.6 Å². The Kier molecular flexibility index (Phi) is 4.13. The second-order valence-corrected chi connectivity index (χ2v) is 6.94. The highest BCUT2D eigenvalue weighted by Gasteiger charge is 2.26. The zero-order valence-electron chi connectivity index (χ0n) is 12.0. The smallest absolute Gasteiger partial charge is 0.225 e. The summed E-state index contributed by atoms with van der Waals surface area (Å²) < 4.78 is 0. The Morgan fingerprint density at radius 1 is 1.35 bits per heavy atom. The minimum atomic E-state index is 0.369. The van der Waals surface area contributed by atoms with Crippen molar-refractivity contribution in [3.8, 4) is 0 Å². The van der Waals surface area contributed by atoms with E-state index in [0.717, 1.165) is 42.5 Å². The molecule has 0 atom stereocenters. The van der Waals surface area contributed by atoms with E-state index in [0.29, 0.717) is 5.28 Å². The summed E-state index contributed by atoms with van der Waals surface area (Å²) in [4.78, 5) is 13.7. The minimum absolute atomic E-state index is 0.369. The lowest BCUT2D eigenvalue weighted by Gasteiger charge is -2.23. The maximum absolute atomic E-state index is 6.13. The molecular weight excluding hydrogens is 290 g/mol. The summed E-state index contributed by atoms with van der Waals surface area (Å²) in [7, 11) is 0. The molecule has 1 aliphatic carbocycles. The Hall–Kier alpha value is -0.870. The highest BCUT2D eigenvalue weighted by molar-refractivity contribution is 7.18. The van der Waals surface area contributed by atoms with Crippen molar-refractivity contribution in [1.29, 1.82) is 0 Å². The number of aryl methyl sites for hydroxylation is 1. The molecule has 0 aromatic carbocycles. The Morgan fingerprint density at radius 2 is 2.15 bits per heavy atom. The summed E-state index contributed by atoms with van der Waals surface area (Å²) in [5.74, 6) is 1.87. The van der Waals surface area contributed by atoms with Gasteiger partial charge in [-0.2, -0.15) is 4.98 Å². The van der Waals surface area contributed by atoms with Crippen LogP contribution in [0.3, 0.4) is 0 Å². The summed E-state index contributed by atoms with van der Waals surface area (Å²) in [6, 6.07) is 2.24. The number of hydrogen-bond acceptors (Lipinski definition) is 4. The van der Waals surface area contributed by atoms with Crippen LogP contribution in [0.25, 0.3) is 10.2 Å². The van der Waals surface area contributed by atoms with Crippen molar-refractivity contribution in [3.05, 3.63) is 16.2 Å². The number of rotatable bonds is 6. The summed E-state index contributed by atoms with van der Waals surface area (Å²) in [6.07, 6.45) is 4.87. The first-order chi connectivity index (χ1) is 9.71. The van der Waals surface area contributed by atoms with Crippen molar-refractivity contribution in [2.45, 2.75) is 39.5 Å². The molecular formula is C15H20ClN3S. The quantitative estimate of drug-likeness (QED) is 0.734. The molecule has 1 aliphatic rings. The molecule has 108 valence electrons. The van der Waals surface area contributed by atoms with Gasteiger partial charge in [0.2, 0.25) is 5.28 Å². The minimum Gasteiger partial charge on any atom is -0.356 e. The van der Waals surface area contributed by atoms with Crippen molar-refractivity contribution >= 4 is 39.0 Å². The third-order valence-corrected chi connectivity index (χ3v) is 5.06. The normalized spacial score (nSPS) is 14.9. The second-order valence-electron chi connectivity index (χ2n) is 5.49. The topological polar surface area (TPSA) is 29.0 Å². The van der Waals surface area contributed by atoms with Gasteiger partial charge in [0.15, 0.2) is 0 Å². The molecule has 0 bridgehead atoms. The average Bonchev–Trinajstić information content (AvgIpc) is 3.14. The number of nitrogens with zero attached hydrogens (tertiary/aromatic N) is 3. The first-order valence-corrected chi connectivity index (χ1v) is 8.61. The number of halogens is 1. The molecule has 5 heteroatoms. The summed E-state index contributed by atoms with van der Waals surface area (Å²) in [5, 5.41) is 1.54. The molecule has 20 heavy (non-hydrogen) atoms. The molecule has 0 radical (unpaired) electrons. The molecule has 0 aliphatic heterocycles. The largest absolute Gasteiger partial charge is 0.356 e. The van der Waals surface area contributed by atoms with Crippen LogP contribution < -0.4 is 4.90 Å². The molecule has 0 saturated heterocycles. The third-order valence-electron chi connectivity index (χ3n) is 3.71. The van der Waals surface area contributed by atoms with Crippen LogP contribution in [-0.2, 0) is 6.42 Å². The third kappa shape index (κ3) is 2.91. The van der Waals surface area contributed by atoms with E-state index >= 15 is 0 Å². The van der Waals surface area contributed by atoms with Crippen LogP contribution in [0.2, 0.25) is 5.28 Å². The van der Waals surface area contributed by atoms with E-state index < -0.39 is 0 Å². The highest BCUT2D eigenvalue weighted by atomic mass is 35.5. The fraction of sp³-hybridized carbons (Fsp3) is 0.600. The lowest BCUT2D eigenvalue weighted by Crippen LogP contribution is -2.27. The standard InChI is InChI=1S/C15H20ClN3S/c1-3-7-19(9-10-5-6-10)13-12-8-11(4-2)20-14(12)18-15(16)17-13/h8,10H,3-7,9H2,1-2H3. The lowest BCUT2D eigenvalue weighted by atomic mass is 10.2. The van der Waals surface area contributed by atoms with Crippen LogP contribution in [0, 0.1) is 5.92 Å². The Labute approximate surface area is 129 Å². The molecule has 3 rings (SSSR count). The lowest BCUT2D eigenvalue weighted by molar-refractivity contribution is 0.701. The zero-order chi connectivity index (χ0) is 14.1. The monoisotopic (exact) mass is 309 g/mol. The predicted molar refractivity (Wildman–Crippen MR) is 87.0 cm³/mol. The second kappa shape index (κ2) is 5.86. The van der Waals surface area contributed by atoms with Gasteiger partial charge >= 0.3 is 0 Å². The average molecular weight is 310 g/mol. The molecule has 0 amide bonds. The maximum atomic E-state index is 6.13. The fourth-order valence-corrected chi connectivity index (χ4v) is 3.69. The summed E-state index contributed by atoms with van der Waals surface area (Å²) in [6.45, 7) is 6.53. The van der Waals surface area contributed by atoms with E-state index in [-0.39, 0.29) is 0 Å². The van der Waals surface area contributed by atoms with Crippen molar-refractivity contribution in [2.24, 2.45) is 5.92 Å². The molecule has 2 aromatic rings. The Bertz CT molecular complexity index is 606. The SMILES string of the molecule is CCCN(CC1CC1)c1nc(Cl)nc2sc(CC)cc12. The van der Waals surface area contributed by atoms with Gasteiger partial charge in [-0.05, 0) is 49.3 Å². The van der Waals surface area contributed by atoms with Crippen molar-refractivity contribution in [3.63, 3.8) is 0 Å². The Morgan fingerprint density at radius 3 is 2.80 bits per heavy atom. The highest BCUT2D eigenvalue weighted by Crippen LogP contribution is 2.36. The Balaban J connectivity index is 2.03. The molecule has 3 nitrogen and oxygen atoms in total. The molecule has 0 spiro atoms. The molecule has 0 unspecified atom stereocenters. The van der Waals surface area contributed by atoms with Gasteiger partial charge in [-0.25, -0.2) is 4.98 Å². The molecule has 2 heterocycles. The van der Waals surface area contributed by atoms with Crippen molar-refractivity contribution in [2.75, 3.05) is 18.0 Å². The number of anilines is 1. The molecule has 2 aromatic heterocycles. The van der Waals surface area contributed by atoms with Crippen molar-refractivity contribution < 1.29 is 0 Å². The number of fused-ring (bicyclic) bond motifs is 1. The first kappa shape index (κ1) is 14.1. The van der Waals surface area contributed by atoms with E-state index in [9.17, 15) is 0 Å². The van der Waals surface area contributed by atoms with Gasteiger partial charge in [-0.1, -0.05) is 13.8 Å². The first-order valence-electron chi connectivity index (χ1n) is 7.42. The van der Waals surface area contributed by atoms with Gasteiger partial charge in [0, 0.05) is 18.0 Å². The molecule has 0 N–H and O–H groups in total. The van der Waals surface area contributed by atoms with Gasteiger partial charge in [-0.3, -0.25) is 0 Å². The van der Waals surface area contributed by atoms with Crippen LogP contribution in [0.4, 0.5) is 5.82 Å². The number of hydrogen-bond donors (Lipinski definition) is 0. The van der Waals surface area contributed by atoms with Crippen LogP contribution >= 0.6 is 22.9 Å². The summed E-state index contributed by atoms with van der Waals surface area (Å²) >= 11 is 7.86. The van der Waals surface area contributed by atoms with E-state index in [1.54, 1.807) is 11.3 Å². The number of thiophene rings is 1. The van der Waals surface area contributed by atoms with Crippen LogP contribution in [0.5, 0.6) is 0 Å². The van der Waals surface area contributed by atoms with Crippen LogP contribution in [0.15, 0.2) is 6.07 Å². The van der Waals surface area contributed by atoms with E-state index in [4.69, 9.17) is 11.6 Å². The van der Waals surface area contributed by atoms with Gasteiger partial charge < -0.3 is 4.90 Å².